The Morgan fingerprint density at radius 1 is 1.30 bits per heavy atom. The Bertz CT molecular complexity index is 508. The molecule has 2 atom stereocenters. The molecule has 3 rings (SSSR count). The van der Waals surface area contributed by atoms with Crippen LogP contribution < -0.4 is 5.32 Å². The summed E-state index contributed by atoms with van der Waals surface area (Å²) in [6, 6.07) is 0. The summed E-state index contributed by atoms with van der Waals surface area (Å²) in [5.41, 5.74) is -0.357. The molecule has 2 fully saturated rings. The van der Waals surface area contributed by atoms with Crippen molar-refractivity contribution in [1.29, 1.82) is 0 Å². The van der Waals surface area contributed by atoms with E-state index in [1.807, 2.05) is 5.38 Å². The van der Waals surface area contributed by atoms with Gasteiger partial charge in [0.05, 0.1) is 17.4 Å². The number of aromatic nitrogens is 1. The maximum atomic E-state index is 12.4. The van der Waals surface area contributed by atoms with Crippen LogP contribution in [0.2, 0.25) is 0 Å². The molecule has 108 valence electrons. The lowest BCUT2D eigenvalue weighted by Gasteiger charge is -2.36. The maximum Gasteiger partial charge on any atom is 0.307 e. The Balaban J connectivity index is 1.75. The van der Waals surface area contributed by atoms with E-state index in [1.54, 1.807) is 17.5 Å². The molecule has 2 aliphatic carbocycles. The number of hydrogen-bond donors (Lipinski definition) is 2. The largest absolute Gasteiger partial charge is 0.481 e. The number of aliphatic carboxylic acids is 1. The van der Waals surface area contributed by atoms with Crippen molar-refractivity contribution in [2.75, 3.05) is 0 Å². The SMILES string of the molecule is O=C(O)C1CCC1C(=O)NC1(c2nccs2)CCCC1. The molecule has 2 saturated carbocycles. The topological polar surface area (TPSA) is 79.3 Å². The number of carboxylic acids is 1. The number of carbonyl (C=O) groups excluding carboxylic acids is 1. The summed E-state index contributed by atoms with van der Waals surface area (Å²) in [6.45, 7) is 0. The van der Waals surface area contributed by atoms with Crippen LogP contribution in [0.4, 0.5) is 0 Å². The highest BCUT2D eigenvalue weighted by molar-refractivity contribution is 7.09. The van der Waals surface area contributed by atoms with Crippen LogP contribution >= 0.6 is 11.3 Å². The zero-order chi connectivity index (χ0) is 14.2. The van der Waals surface area contributed by atoms with E-state index < -0.39 is 11.9 Å². The first-order valence-corrected chi connectivity index (χ1v) is 7.95. The molecule has 0 spiro atoms. The van der Waals surface area contributed by atoms with E-state index in [4.69, 9.17) is 5.11 Å². The van der Waals surface area contributed by atoms with Crippen molar-refractivity contribution in [3.8, 4) is 0 Å². The van der Waals surface area contributed by atoms with Crippen LogP contribution in [0.3, 0.4) is 0 Å². The van der Waals surface area contributed by atoms with Crippen LogP contribution in [0, 0.1) is 11.8 Å². The average Bonchev–Trinajstić information content (AvgIpc) is 2.95. The van der Waals surface area contributed by atoms with Gasteiger partial charge in [0, 0.05) is 11.6 Å². The minimum Gasteiger partial charge on any atom is -0.481 e. The molecular formula is C14H18N2O3S. The lowest BCUT2D eigenvalue weighted by molar-refractivity contribution is -0.153. The first kappa shape index (κ1) is 13.5. The van der Waals surface area contributed by atoms with E-state index in [-0.39, 0.29) is 17.4 Å². The van der Waals surface area contributed by atoms with Gasteiger partial charge < -0.3 is 10.4 Å². The van der Waals surface area contributed by atoms with Crippen molar-refractivity contribution in [1.82, 2.24) is 10.3 Å². The molecule has 6 heteroatoms. The molecule has 0 bridgehead atoms. The summed E-state index contributed by atoms with van der Waals surface area (Å²) in [5.74, 6) is -1.85. The third-order valence-electron chi connectivity index (χ3n) is 4.59. The van der Waals surface area contributed by atoms with Crippen LogP contribution in [0.1, 0.15) is 43.5 Å². The van der Waals surface area contributed by atoms with E-state index in [1.165, 1.54) is 0 Å². The number of carbonyl (C=O) groups is 2. The molecule has 2 N–H and O–H groups in total. The smallest absolute Gasteiger partial charge is 0.307 e. The van der Waals surface area contributed by atoms with Gasteiger partial charge in [0.15, 0.2) is 0 Å². The van der Waals surface area contributed by atoms with Crippen LogP contribution in [0.5, 0.6) is 0 Å². The molecular weight excluding hydrogens is 276 g/mol. The fraction of sp³-hybridized carbons (Fsp3) is 0.643. The highest BCUT2D eigenvalue weighted by atomic mass is 32.1. The van der Waals surface area contributed by atoms with E-state index in [2.05, 4.69) is 10.3 Å². The monoisotopic (exact) mass is 294 g/mol. The predicted molar refractivity (Wildman–Crippen MR) is 74.3 cm³/mol. The predicted octanol–water partition coefficient (Wildman–Crippen LogP) is 2.14. The van der Waals surface area contributed by atoms with Crippen molar-refractivity contribution in [2.24, 2.45) is 11.8 Å². The zero-order valence-electron chi connectivity index (χ0n) is 11.2. The number of nitrogens with zero attached hydrogens (tertiary/aromatic N) is 1. The van der Waals surface area contributed by atoms with Crippen molar-refractivity contribution in [2.45, 2.75) is 44.1 Å². The molecule has 5 nitrogen and oxygen atoms in total. The van der Waals surface area contributed by atoms with E-state index in [0.717, 1.165) is 30.7 Å². The number of hydrogen-bond acceptors (Lipinski definition) is 4. The van der Waals surface area contributed by atoms with Crippen LogP contribution in [0.15, 0.2) is 11.6 Å². The fourth-order valence-electron chi connectivity index (χ4n) is 3.27. The number of rotatable bonds is 4. The summed E-state index contributed by atoms with van der Waals surface area (Å²) in [7, 11) is 0. The Hall–Kier alpha value is -1.43. The van der Waals surface area contributed by atoms with Crippen LogP contribution in [-0.2, 0) is 15.1 Å². The number of nitrogens with one attached hydrogen (secondary N) is 1. The summed E-state index contributed by atoms with van der Waals surface area (Å²) in [5, 5.41) is 15.1. The van der Waals surface area contributed by atoms with Crippen molar-refractivity contribution in [3.05, 3.63) is 16.6 Å². The average molecular weight is 294 g/mol. The second-order valence-corrected chi connectivity index (χ2v) is 6.64. The zero-order valence-corrected chi connectivity index (χ0v) is 12.0. The maximum absolute atomic E-state index is 12.4. The second kappa shape index (κ2) is 5.16. The molecule has 0 saturated heterocycles. The van der Waals surface area contributed by atoms with E-state index in [0.29, 0.717) is 12.8 Å². The first-order valence-electron chi connectivity index (χ1n) is 7.07. The van der Waals surface area contributed by atoms with Gasteiger partial charge in [0.1, 0.15) is 5.01 Å². The van der Waals surface area contributed by atoms with Crippen LogP contribution in [-0.4, -0.2) is 22.0 Å². The molecule has 1 heterocycles. The third-order valence-corrected chi connectivity index (χ3v) is 5.57. The normalized spacial score (nSPS) is 27.8. The highest BCUT2D eigenvalue weighted by Crippen LogP contribution is 2.41. The summed E-state index contributed by atoms with van der Waals surface area (Å²) >= 11 is 1.56. The lowest BCUT2D eigenvalue weighted by Crippen LogP contribution is -2.51. The molecule has 20 heavy (non-hydrogen) atoms. The first-order chi connectivity index (χ1) is 9.62. The minimum absolute atomic E-state index is 0.110. The second-order valence-electron chi connectivity index (χ2n) is 5.74. The van der Waals surface area contributed by atoms with Crippen LogP contribution in [0.25, 0.3) is 0 Å². The van der Waals surface area contributed by atoms with Gasteiger partial charge in [0.25, 0.3) is 0 Å². The van der Waals surface area contributed by atoms with E-state index >= 15 is 0 Å². The molecule has 2 aliphatic rings. The molecule has 1 aromatic heterocycles. The van der Waals surface area contributed by atoms with Gasteiger partial charge in [-0.1, -0.05) is 12.8 Å². The number of thiazole rings is 1. The minimum atomic E-state index is -0.855. The molecule has 1 amide bonds. The summed E-state index contributed by atoms with van der Waals surface area (Å²) in [4.78, 5) is 27.8. The summed E-state index contributed by atoms with van der Waals surface area (Å²) in [6.07, 6.45) is 7.00. The Labute approximate surface area is 121 Å². The number of carboxylic acid groups (broad SMARTS) is 1. The Kier molecular flexibility index (Phi) is 3.50. The van der Waals surface area contributed by atoms with Gasteiger partial charge in [-0.25, -0.2) is 4.98 Å². The van der Waals surface area contributed by atoms with Gasteiger partial charge in [-0.2, -0.15) is 0 Å². The summed E-state index contributed by atoms with van der Waals surface area (Å²) < 4.78 is 0. The molecule has 0 aliphatic heterocycles. The molecule has 2 unspecified atom stereocenters. The molecule has 0 aromatic carbocycles. The lowest BCUT2D eigenvalue weighted by atomic mass is 9.72. The highest BCUT2D eigenvalue weighted by Gasteiger charge is 2.46. The quantitative estimate of drug-likeness (QED) is 0.891. The molecule has 0 radical (unpaired) electrons. The van der Waals surface area contributed by atoms with Gasteiger partial charge in [-0.05, 0) is 25.7 Å². The number of amides is 1. The Morgan fingerprint density at radius 3 is 2.50 bits per heavy atom. The van der Waals surface area contributed by atoms with Crippen molar-refractivity contribution < 1.29 is 14.7 Å². The van der Waals surface area contributed by atoms with Gasteiger partial charge in [-0.15, -0.1) is 11.3 Å². The van der Waals surface area contributed by atoms with Crippen molar-refractivity contribution >= 4 is 23.2 Å². The van der Waals surface area contributed by atoms with Gasteiger partial charge in [-0.3, -0.25) is 9.59 Å². The standard InChI is InChI=1S/C14H18N2O3S/c17-11(9-3-4-10(9)12(18)19)16-14(5-1-2-6-14)13-15-7-8-20-13/h7-10H,1-6H2,(H,16,17)(H,18,19). The Morgan fingerprint density at radius 2 is 2.00 bits per heavy atom. The fourth-order valence-corrected chi connectivity index (χ4v) is 4.12. The van der Waals surface area contributed by atoms with E-state index in [9.17, 15) is 9.59 Å². The third kappa shape index (κ3) is 2.22. The molecule has 1 aromatic rings. The van der Waals surface area contributed by atoms with Gasteiger partial charge >= 0.3 is 5.97 Å². The van der Waals surface area contributed by atoms with Gasteiger partial charge in [0.2, 0.25) is 5.91 Å². The van der Waals surface area contributed by atoms with Crippen molar-refractivity contribution in [3.63, 3.8) is 0 Å².